The number of aromatic amines is 1. The minimum atomic E-state index is -1.48. The van der Waals surface area contributed by atoms with Crippen LogP contribution in [0.25, 0.3) is 10.9 Å². The van der Waals surface area contributed by atoms with Crippen LogP contribution in [0.4, 0.5) is 0 Å². The molecule has 4 unspecified atom stereocenters. The van der Waals surface area contributed by atoms with Gasteiger partial charge in [-0.15, -0.1) is 0 Å². The topological polar surface area (TPSA) is 247 Å². The van der Waals surface area contributed by atoms with Crippen LogP contribution in [-0.4, -0.2) is 74.9 Å². The summed E-state index contributed by atoms with van der Waals surface area (Å²) in [5.41, 5.74) is 13.4. The van der Waals surface area contributed by atoms with Gasteiger partial charge in [0.1, 0.15) is 18.1 Å². The van der Waals surface area contributed by atoms with Crippen molar-refractivity contribution in [3.8, 4) is 0 Å². The Morgan fingerprint density at radius 3 is 1.98 bits per heavy atom. The molecule has 4 amide bonds. The Labute approximate surface area is 252 Å². The van der Waals surface area contributed by atoms with Crippen molar-refractivity contribution in [1.82, 2.24) is 20.9 Å². The summed E-state index contributed by atoms with van der Waals surface area (Å²) in [6, 6.07) is 10.9. The molecular formula is C30H36N6O8. The van der Waals surface area contributed by atoms with Gasteiger partial charge in [-0.1, -0.05) is 48.5 Å². The van der Waals surface area contributed by atoms with Gasteiger partial charge in [-0.3, -0.25) is 24.0 Å². The molecule has 1 aromatic heterocycles. The first-order chi connectivity index (χ1) is 20.9. The summed E-state index contributed by atoms with van der Waals surface area (Å²) in [6.45, 7) is 0. The molecule has 1 heterocycles. The lowest BCUT2D eigenvalue weighted by Gasteiger charge is -2.25. The lowest BCUT2D eigenvalue weighted by molar-refractivity contribution is -0.142. The number of carboxylic acid groups (broad SMARTS) is 2. The number of hydrogen-bond acceptors (Lipinski definition) is 7. The fourth-order valence-corrected chi connectivity index (χ4v) is 4.59. The van der Waals surface area contributed by atoms with E-state index >= 15 is 0 Å². The second-order valence-electron chi connectivity index (χ2n) is 10.3. The van der Waals surface area contributed by atoms with E-state index in [1.807, 2.05) is 12.1 Å². The van der Waals surface area contributed by atoms with Gasteiger partial charge in [-0.2, -0.15) is 0 Å². The van der Waals surface area contributed by atoms with Gasteiger partial charge in [0.05, 0.1) is 6.04 Å². The Bertz CT molecular complexity index is 1490. The van der Waals surface area contributed by atoms with E-state index in [2.05, 4.69) is 20.9 Å². The van der Waals surface area contributed by atoms with Gasteiger partial charge in [-0.25, -0.2) is 4.79 Å². The first-order valence-electron chi connectivity index (χ1n) is 13.9. The van der Waals surface area contributed by atoms with Crippen LogP contribution < -0.4 is 27.4 Å². The fraction of sp³-hybridized carbons (Fsp3) is 0.333. The summed E-state index contributed by atoms with van der Waals surface area (Å²) in [5.74, 6) is -5.81. The maximum Gasteiger partial charge on any atom is 0.326 e. The number of carbonyl (C=O) groups excluding carboxylic acids is 4. The van der Waals surface area contributed by atoms with E-state index in [0.29, 0.717) is 5.56 Å². The van der Waals surface area contributed by atoms with E-state index in [-0.39, 0.29) is 32.1 Å². The normalized spacial score (nSPS) is 13.7. The van der Waals surface area contributed by atoms with Gasteiger partial charge in [0, 0.05) is 36.4 Å². The first-order valence-corrected chi connectivity index (χ1v) is 13.9. The standard InChI is InChI=1S/C30H36N6O8/c31-20(14-17-6-2-1-3-7-17)27(40)34-22(11-13-26(38)39)28(41)36-24(15-18-16-33-21-9-5-4-8-19(18)21)29(42)35-23(30(43)44)10-12-25(32)37/h1-9,16,20,22-24,33H,10-15,31H2,(H2,32,37)(H,34,40)(H,35,42)(H,36,41)(H,38,39)(H,43,44). The molecule has 234 valence electrons. The molecule has 3 rings (SSSR count). The van der Waals surface area contributed by atoms with E-state index in [1.165, 1.54) is 0 Å². The third-order valence-electron chi connectivity index (χ3n) is 6.94. The molecule has 0 saturated carbocycles. The van der Waals surface area contributed by atoms with E-state index < -0.39 is 66.2 Å². The third kappa shape index (κ3) is 9.94. The van der Waals surface area contributed by atoms with Crippen LogP contribution >= 0.6 is 0 Å². The summed E-state index contributed by atoms with van der Waals surface area (Å²) in [4.78, 5) is 77.2. The summed E-state index contributed by atoms with van der Waals surface area (Å²) in [6.07, 6.45) is 0.363. The highest BCUT2D eigenvalue weighted by atomic mass is 16.4. The van der Waals surface area contributed by atoms with Crippen LogP contribution in [0, 0.1) is 0 Å². The highest BCUT2D eigenvalue weighted by Gasteiger charge is 2.31. The Morgan fingerprint density at radius 2 is 1.32 bits per heavy atom. The number of nitrogens with two attached hydrogens (primary N) is 2. The van der Waals surface area contributed by atoms with Gasteiger partial charge in [-0.05, 0) is 36.5 Å². The zero-order valence-electron chi connectivity index (χ0n) is 23.8. The molecule has 0 fully saturated rings. The van der Waals surface area contributed by atoms with Gasteiger partial charge < -0.3 is 42.6 Å². The molecule has 2 aromatic carbocycles. The second kappa shape index (κ2) is 15.8. The molecule has 0 radical (unpaired) electrons. The maximum atomic E-state index is 13.5. The number of H-pyrrole nitrogens is 1. The van der Waals surface area contributed by atoms with Crippen molar-refractivity contribution < 1.29 is 39.0 Å². The van der Waals surface area contributed by atoms with Crippen LogP contribution in [-0.2, 0) is 41.6 Å². The number of para-hydroxylation sites is 1. The average molecular weight is 609 g/mol. The fourth-order valence-electron chi connectivity index (χ4n) is 4.59. The Balaban J connectivity index is 1.83. The largest absolute Gasteiger partial charge is 0.481 e. The van der Waals surface area contributed by atoms with E-state index in [0.717, 1.165) is 16.5 Å². The smallest absolute Gasteiger partial charge is 0.326 e. The molecule has 0 aliphatic heterocycles. The predicted molar refractivity (Wildman–Crippen MR) is 159 cm³/mol. The second-order valence-corrected chi connectivity index (χ2v) is 10.3. The van der Waals surface area contributed by atoms with Gasteiger partial charge >= 0.3 is 11.9 Å². The molecule has 0 saturated heterocycles. The highest BCUT2D eigenvalue weighted by molar-refractivity contribution is 5.95. The molecule has 44 heavy (non-hydrogen) atoms. The molecule has 0 aliphatic carbocycles. The van der Waals surface area contributed by atoms with Crippen molar-refractivity contribution in [1.29, 1.82) is 0 Å². The van der Waals surface area contributed by atoms with Crippen molar-refractivity contribution in [2.24, 2.45) is 11.5 Å². The molecule has 10 N–H and O–H groups in total. The summed E-state index contributed by atoms with van der Waals surface area (Å²) in [7, 11) is 0. The first kappa shape index (κ1) is 33.3. The molecule has 0 aliphatic rings. The molecule has 0 spiro atoms. The Morgan fingerprint density at radius 1 is 0.727 bits per heavy atom. The van der Waals surface area contributed by atoms with Crippen molar-refractivity contribution in [3.05, 3.63) is 71.9 Å². The molecule has 0 bridgehead atoms. The molecule has 14 heteroatoms. The number of carboxylic acids is 2. The zero-order valence-corrected chi connectivity index (χ0v) is 23.8. The van der Waals surface area contributed by atoms with E-state index in [4.69, 9.17) is 11.5 Å². The number of primary amides is 1. The third-order valence-corrected chi connectivity index (χ3v) is 6.94. The highest BCUT2D eigenvalue weighted by Crippen LogP contribution is 2.19. The number of fused-ring (bicyclic) bond motifs is 1. The minimum Gasteiger partial charge on any atom is -0.481 e. The number of hydrogen-bond donors (Lipinski definition) is 8. The SMILES string of the molecule is NC(=O)CCC(NC(=O)C(Cc1c[nH]c2ccccc12)NC(=O)C(CCC(=O)O)NC(=O)C(N)Cc1ccccc1)C(=O)O. The number of rotatable bonds is 17. The van der Waals surface area contributed by atoms with Crippen molar-refractivity contribution in [3.63, 3.8) is 0 Å². The quantitative estimate of drug-likeness (QED) is 0.102. The molecule has 14 nitrogen and oxygen atoms in total. The monoisotopic (exact) mass is 608 g/mol. The molecular weight excluding hydrogens is 572 g/mol. The van der Waals surface area contributed by atoms with Crippen LogP contribution in [0.5, 0.6) is 0 Å². The lowest BCUT2D eigenvalue weighted by Crippen LogP contribution is -2.57. The Kier molecular flexibility index (Phi) is 12.0. The molecule has 3 aromatic rings. The van der Waals surface area contributed by atoms with Crippen molar-refractivity contribution in [2.45, 2.75) is 62.7 Å². The number of benzene rings is 2. The lowest BCUT2D eigenvalue weighted by atomic mass is 10.0. The predicted octanol–water partition coefficient (Wildman–Crippen LogP) is -0.0503. The van der Waals surface area contributed by atoms with E-state index in [1.54, 1.807) is 48.7 Å². The van der Waals surface area contributed by atoms with Crippen molar-refractivity contribution in [2.75, 3.05) is 0 Å². The van der Waals surface area contributed by atoms with Crippen LogP contribution in [0.1, 0.15) is 36.8 Å². The Hall–Kier alpha value is -5.24. The number of carbonyl (C=O) groups is 6. The number of amides is 4. The van der Waals surface area contributed by atoms with Crippen molar-refractivity contribution >= 4 is 46.5 Å². The number of aromatic nitrogens is 1. The number of nitrogens with one attached hydrogen (secondary N) is 4. The summed E-state index contributed by atoms with van der Waals surface area (Å²) >= 11 is 0. The van der Waals surface area contributed by atoms with Crippen LogP contribution in [0.2, 0.25) is 0 Å². The number of aliphatic carboxylic acids is 2. The minimum absolute atomic E-state index is 0.0864. The van der Waals surface area contributed by atoms with Crippen LogP contribution in [0.15, 0.2) is 60.8 Å². The van der Waals surface area contributed by atoms with Crippen LogP contribution in [0.3, 0.4) is 0 Å². The zero-order chi connectivity index (χ0) is 32.2. The molecule has 4 atom stereocenters. The van der Waals surface area contributed by atoms with Gasteiger partial charge in [0.25, 0.3) is 0 Å². The summed E-state index contributed by atoms with van der Waals surface area (Å²) < 4.78 is 0. The van der Waals surface area contributed by atoms with E-state index in [9.17, 15) is 39.0 Å². The average Bonchev–Trinajstić information content (AvgIpc) is 3.39. The summed E-state index contributed by atoms with van der Waals surface area (Å²) in [5, 5.41) is 27.0. The van der Waals surface area contributed by atoms with Gasteiger partial charge in [0.2, 0.25) is 23.6 Å². The maximum absolute atomic E-state index is 13.5. The van der Waals surface area contributed by atoms with Gasteiger partial charge in [0.15, 0.2) is 0 Å².